The quantitative estimate of drug-likeness (QED) is 0.781. The van der Waals surface area contributed by atoms with Crippen LogP contribution in [0, 0.1) is 0 Å². The van der Waals surface area contributed by atoms with Crippen LogP contribution in [0.4, 0.5) is 0 Å². The second-order valence-corrected chi connectivity index (χ2v) is 4.15. The highest BCUT2D eigenvalue weighted by Crippen LogP contribution is 2.22. The van der Waals surface area contributed by atoms with Gasteiger partial charge in [-0.3, -0.25) is 4.98 Å². The number of hydrogen-bond acceptors (Lipinski definition) is 3. The zero-order valence-corrected chi connectivity index (χ0v) is 9.02. The molecule has 0 spiro atoms. The Bertz CT molecular complexity index is 280. The Morgan fingerprint density at radius 2 is 2.40 bits per heavy atom. The lowest BCUT2D eigenvalue weighted by Crippen LogP contribution is -2.41. The highest BCUT2D eigenvalue weighted by atomic mass is 14.9. The summed E-state index contributed by atoms with van der Waals surface area (Å²) in [5.41, 5.74) is 6.98. The zero-order valence-electron chi connectivity index (χ0n) is 9.02. The highest BCUT2D eigenvalue weighted by Gasteiger charge is 2.24. The molecule has 2 unspecified atom stereocenters. The first-order valence-electron chi connectivity index (χ1n) is 5.76. The first-order valence-corrected chi connectivity index (χ1v) is 5.76. The summed E-state index contributed by atoms with van der Waals surface area (Å²) in [5.74, 6) is 0.367. The van der Waals surface area contributed by atoms with Gasteiger partial charge < -0.3 is 11.1 Å². The Balaban J connectivity index is 2.09. The Labute approximate surface area is 91.1 Å². The number of aromatic nitrogens is 1. The fraction of sp³-hybridized carbons (Fsp3) is 0.583. The predicted molar refractivity (Wildman–Crippen MR) is 61.7 cm³/mol. The lowest BCUT2D eigenvalue weighted by atomic mass is 9.89. The third-order valence-corrected chi connectivity index (χ3v) is 3.16. The number of pyridine rings is 1. The third-order valence-electron chi connectivity index (χ3n) is 3.16. The topological polar surface area (TPSA) is 50.9 Å². The monoisotopic (exact) mass is 205 g/mol. The first-order chi connectivity index (χ1) is 7.42. The van der Waals surface area contributed by atoms with Crippen molar-refractivity contribution in [3.63, 3.8) is 0 Å². The molecule has 1 aromatic rings. The average Bonchev–Trinajstić information content (AvgIpc) is 2.33. The molecule has 2 heterocycles. The van der Waals surface area contributed by atoms with E-state index in [2.05, 4.69) is 16.4 Å². The van der Waals surface area contributed by atoms with E-state index < -0.39 is 0 Å². The molecule has 2 rings (SSSR count). The Morgan fingerprint density at radius 1 is 1.47 bits per heavy atom. The summed E-state index contributed by atoms with van der Waals surface area (Å²) in [5, 5.41) is 3.55. The molecule has 1 aliphatic rings. The van der Waals surface area contributed by atoms with Crippen molar-refractivity contribution in [1.82, 2.24) is 10.3 Å². The van der Waals surface area contributed by atoms with Crippen molar-refractivity contribution in [3.8, 4) is 0 Å². The van der Waals surface area contributed by atoms with E-state index in [0.29, 0.717) is 18.5 Å². The minimum Gasteiger partial charge on any atom is -0.330 e. The molecule has 0 aromatic carbocycles. The van der Waals surface area contributed by atoms with Crippen LogP contribution >= 0.6 is 0 Å². The highest BCUT2D eigenvalue weighted by molar-refractivity contribution is 5.13. The van der Waals surface area contributed by atoms with Crippen molar-refractivity contribution in [2.45, 2.75) is 31.2 Å². The molecule has 15 heavy (non-hydrogen) atoms. The second-order valence-electron chi connectivity index (χ2n) is 4.15. The second kappa shape index (κ2) is 5.24. The molecule has 0 bridgehead atoms. The van der Waals surface area contributed by atoms with Crippen LogP contribution in [0.5, 0.6) is 0 Å². The summed E-state index contributed by atoms with van der Waals surface area (Å²) in [6.45, 7) is 1.79. The van der Waals surface area contributed by atoms with E-state index >= 15 is 0 Å². The number of nitrogens with zero attached hydrogens (tertiary/aromatic N) is 1. The molecule has 3 heteroatoms. The van der Waals surface area contributed by atoms with Crippen LogP contribution in [0.3, 0.4) is 0 Å². The van der Waals surface area contributed by atoms with Crippen LogP contribution in [0.25, 0.3) is 0 Å². The largest absolute Gasteiger partial charge is 0.330 e. The van der Waals surface area contributed by atoms with Gasteiger partial charge in [-0.05, 0) is 31.5 Å². The summed E-state index contributed by atoms with van der Waals surface area (Å²) >= 11 is 0. The van der Waals surface area contributed by atoms with E-state index in [1.165, 1.54) is 19.3 Å². The molecule has 82 valence electrons. The van der Waals surface area contributed by atoms with Crippen LogP contribution in [0.1, 0.15) is 30.9 Å². The summed E-state index contributed by atoms with van der Waals surface area (Å²) in [6.07, 6.45) is 5.66. The van der Waals surface area contributed by atoms with Crippen LogP contribution in [0.15, 0.2) is 24.4 Å². The molecule has 3 N–H and O–H groups in total. The lowest BCUT2D eigenvalue weighted by Gasteiger charge is -2.30. The van der Waals surface area contributed by atoms with Crippen molar-refractivity contribution >= 4 is 0 Å². The molecule has 1 aliphatic heterocycles. The van der Waals surface area contributed by atoms with Gasteiger partial charge in [0.05, 0.1) is 0 Å². The van der Waals surface area contributed by atoms with E-state index in [1.807, 2.05) is 18.3 Å². The molecule has 1 saturated heterocycles. The summed E-state index contributed by atoms with van der Waals surface area (Å²) in [7, 11) is 0. The maximum Gasteiger partial charge on any atom is 0.0462 e. The van der Waals surface area contributed by atoms with Crippen LogP contribution in [-0.2, 0) is 0 Å². The molecule has 0 radical (unpaired) electrons. The smallest absolute Gasteiger partial charge is 0.0462 e. The van der Waals surface area contributed by atoms with Crippen molar-refractivity contribution in [3.05, 3.63) is 30.1 Å². The molecular weight excluding hydrogens is 186 g/mol. The van der Waals surface area contributed by atoms with E-state index in [9.17, 15) is 0 Å². The molecule has 0 amide bonds. The van der Waals surface area contributed by atoms with Crippen molar-refractivity contribution in [2.24, 2.45) is 5.73 Å². The van der Waals surface area contributed by atoms with E-state index in [4.69, 9.17) is 5.73 Å². The van der Waals surface area contributed by atoms with Crippen molar-refractivity contribution in [1.29, 1.82) is 0 Å². The minimum absolute atomic E-state index is 0.367. The van der Waals surface area contributed by atoms with Gasteiger partial charge in [-0.1, -0.05) is 12.5 Å². The van der Waals surface area contributed by atoms with Gasteiger partial charge in [-0.25, -0.2) is 0 Å². The fourth-order valence-electron chi connectivity index (χ4n) is 2.31. The SMILES string of the molecule is NCC(c1ccccn1)C1CCCCN1. The Hall–Kier alpha value is -0.930. The molecule has 1 aromatic heterocycles. The van der Waals surface area contributed by atoms with Crippen LogP contribution in [-0.4, -0.2) is 24.1 Å². The standard InChI is InChI=1S/C12H19N3/c13-9-10(11-5-1-3-7-14-11)12-6-2-4-8-15-12/h1,3,5,7,10,12,15H,2,4,6,8-9,13H2. The van der Waals surface area contributed by atoms with Crippen LogP contribution in [0.2, 0.25) is 0 Å². The van der Waals surface area contributed by atoms with Gasteiger partial charge in [-0.15, -0.1) is 0 Å². The van der Waals surface area contributed by atoms with E-state index in [-0.39, 0.29) is 0 Å². The fourth-order valence-corrected chi connectivity index (χ4v) is 2.31. The molecule has 0 aliphatic carbocycles. The molecule has 1 fully saturated rings. The van der Waals surface area contributed by atoms with Gasteiger partial charge in [0.25, 0.3) is 0 Å². The molecular formula is C12H19N3. The van der Waals surface area contributed by atoms with Crippen molar-refractivity contribution < 1.29 is 0 Å². The van der Waals surface area contributed by atoms with Gasteiger partial charge in [0.15, 0.2) is 0 Å². The van der Waals surface area contributed by atoms with Gasteiger partial charge in [0.1, 0.15) is 0 Å². The summed E-state index contributed by atoms with van der Waals surface area (Å²) in [6, 6.07) is 6.58. The zero-order chi connectivity index (χ0) is 10.5. The number of hydrogen-bond donors (Lipinski definition) is 2. The van der Waals surface area contributed by atoms with Crippen LogP contribution < -0.4 is 11.1 Å². The normalized spacial score (nSPS) is 23.7. The van der Waals surface area contributed by atoms with Gasteiger partial charge >= 0.3 is 0 Å². The average molecular weight is 205 g/mol. The van der Waals surface area contributed by atoms with E-state index in [1.54, 1.807) is 0 Å². The molecule has 3 nitrogen and oxygen atoms in total. The number of nitrogens with one attached hydrogen (secondary N) is 1. The Kier molecular flexibility index (Phi) is 3.69. The minimum atomic E-state index is 0.367. The molecule has 2 atom stereocenters. The van der Waals surface area contributed by atoms with Crippen molar-refractivity contribution in [2.75, 3.05) is 13.1 Å². The lowest BCUT2D eigenvalue weighted by molar-refractivity contribution is 0.349. The predicted octanol–water partition coefficient (Wildman–Crippen LogP) is 1.27. The van der Waals surface area contributed by atoms with Gasteiger partial charge in [0, 0.05) is 30.4 Å². The number of nitrogens with two attached hydrogens (primary N) is 1. The maximum absolute atomic E-state index is 5.86. The van der Waals surface area contributed by atoms with Gasteiger partial charge in [0.2, 0.25) is 0 Å². The third kappa shape index (κ3) is 2.55. The number of piperidine rings is 1. The molecule has 0 saturated carbocycles. The first kappa shape index (κ1) is 10.6. The summed E-state index contributed by atoms with van der Waals surface area (Å²) < 4.78 is 0. The Morgan fingerprint density at radius 3 is 3.00 bits per heavy atom. The number of rotatable bonds is 3. The maximum atomic E-state index is 5.86. The van der Waals surface area contributed by atoms with Gasteiger partial charge in [-0.2, -0.15) is 0 Å². The summed E-state index contributed by atoms with van der Waals surface area (Å²) in [4.78, 5) is 4.41. The van der Waals surface area contributed by atoms with E-state index in [0.717, 1.165) is 12.2 Å².